The van der Waals surface area contributed by atoms with Crippen LogP contribution in [0.15, 0.2) is 24.3 Å². The number of hydrogen-bond donors (Lipinski definition) is 2. The van der Waals surface area contributed by atoms with Gasteiger partial charge in [-0.1, -0.05) is 12.1 Å². The van der Waals surface area contributed by atoms with Crippen molar-refractivity contribution < 1.29 is 15.0 Å². The van der Waals surface area contributed by atoms with Gasteiger partial charge < -0.3 is 10.2 Å². The summed E-state index contributed by atoms with van der Waals surface area (Å²) in [6.45, 7) is 0. The Morgan fingerprint density at radius 1 is 1.31 bits per heavy atom. The molecule has 68 valence electrons. The lowest BCUT2D eigenvalue weighted by Gasteiger charge is -1.97. The Bertz CT molecular complexity index is 329. The van der Waals surface area contributed by atoms with E-state index >= 15 is 0 Å². The molecule has 1 aromatic rings. The number of phenolic OH excluding ortho intramolecular Hbond substituents is 1. The summed E-state index contributed by atoms with van der Waals surface area (Å²) in [6.07, 6.45) is 0.722. The lowest BCUT2D eigenvalue weighted by Crippen LogP contribution is -1.98. The average Bonchev–Trinajstić information content (AvgIpc) is 2.85. The molecule has 2 atom stereocenters. The van der Waals surface area contributed by atoms with Gasteiger partial charge in [-0.25, -0.2) is 0 Å². The predicted molar refractivity (Wildman–Crippen MR) is 46.6 cm³/mol. The summed E-state index contributed by atoms with van der Waals surface area (Å²) in [6, 6.07) is 6.74. The van der Waals surface area contributed by atoms with Crippen LogP contribution in [0, 0.1) is 5.92 Å². The van der Waals surface area contributed by atoms with Crippen LogP contribution in [0.25, 0.3) is 0 Å². The summed E-state index contributed by atoms with van der Waals surface area (Å²) >= 11 is 0. The fraction of sp³-hybridized carbons (Fsp3) is 0.300. The first-order valence-corrected chi connectivity index (χ1v) is 4.20. The molecule has 1 saturated carbocycles. The molecule has 1 aliphatic carbocycles. The van der Waals surface area contributed by atoms with Gasteiger partial charge in [0.1, 0.15) is 5.75 Å². The molecule has 2 rings (SSSR count). The molecule has 1 fully saturated rings. The highest BCUT2D eigenvalue weighted by Crippen LogP contribution is 2.47. The number of aliphatic carboxylic acids is 1. The van der Waals surface area contributed by atoms with Gasteiger partial charge in [0, 0.05) is 0 Å². The summed E-state index contributed by atoms with van der Waals surface area (Å²) in [4.78, 5) is 10.6. The third-order valence-corrected chi connectivity index (χ3v) is 2.43. The van der Waals surface area contributed by atoms with Gasteiger partial charge in [0.15, 0.2) is 0 Å². The Balaban J connectivity index is 2.12. The monoisotopic (exact) mass is 178 g/mol. The standard InChI is InChI=1S/C10H10O3/c11-7-3-1-6(2-4-7)8-5-9(8)10(12)13/h1-4,8-9,11H,5H2,(H,12,13)/t8?,9-/m0/s1. The molecule has 0 amide bonds. The van der Waals surface area contributed by atoms with E-state index in [9.17, 15) is 4.79 Å². The Morgan fingerprint density at radius 3 is 2.38 bits per heavy atom. The third kappa shape index (κ3) is 1.49. The van der Waals surface area contributed by atoms with Gasteiger partial charge in [0.2, 0.25) is 0 Å². The van der Waals surface area contributed by atoms with E-state index in [2.05, 4.69) is 0 Å². The van der Waals surface area contributed by atoms with Gasteiger partial charge in [0.25, 0.3) is 0 Å². The summed E-state index contributed by atoms with van der Waals surface area (Å²) in [5, 5.41) is 17.7. The molecule has 0 saturated heterocycles. The zero-order valence-electron chi connectivity index (χ0n) is 6.97. The smallest absolute Gasteiger partial charge is 0.307 e. The minimum Gasteiger partial charge on any atom is -0.508 e. The number of rotatable bonds is 2. The Hall–Kier alpha value is -1.51. The van der Waals surface area contributed by atoms with Gasteiger partial charge in [-0.2, -0.15) is 0 Å². The second-order valence-electron chi connectivity index (χ2n) is 3.38. The van der Waals surface area contributed by atoms with Crippen LogP contribution in [-0.2, 0) is 4.79 Å². The minimum absolute atomic E-state index is 0.151. The van der Waals surface area contributed by atoms with E-state index in [0.717, 1.165) is 12.0 Å². The van der Waals surface area contributed by atoms with Crippen LogP contribution in [-0.4, -0.2) is 16.2 Å². The number of aromatic hydroxyl groups is 1. The van der Waals surface area contributed by atoms with Crippen LogP contribution in [0.4, 0.5) is 0 Å². The molecule has 1 aliphatic rings. The Morgan fingerprint density at radius 2 is 1.92 bits per heavy atom. The normalized spacial score (nSPS) is 25.5. The highest BCUT2D eigenvalue weighted by Gasteiger charge is 2.43. The summed E-state index contributed by atoms with van der Waals surface area (Å²) in [5.41, 5.74) is 1.00. The fourth-order valence-corrected chi connectivity index (χ4v) is 1.56. The molecule has 0 aromatic heterocycles. The fourth-order valence-electron chi connectivity index (χ4n) is 1.56. The first-order valence-electron chi connectivity index (χ1n) is 4.20. The molecular weight excluding hydrogens is 168 g/mol. The zero-order valence-corrected chi connectivity index (χ0v) is 6.97. The van der Waals surface area contributed by atoms with E-state index in [1.165, 1.54) is 0 Å². The van der Waals surface area contributed by atoms with Crippen LogP contribution in [0.2, 0.25) is 0 Å². The van der Waals surface area contributed by atoms with Crippen molar-refractivity contribution in [2.45, 2.75) is 12.3 Å². The molecule has 0 heterocycles. The van der Waals surface area contributed by atoms with E-state index in [-0.39, 0.29) is 17.6 Å². The van der Waals surface area contributed by atoms with Crippen molar-refractivity contribution in [3.63, 3.8) is 0 Å². The molecule has 2 N–H and O–H groups in total. The first kappa shape index (κ1) is 8.10. The van der Waals surface area contributed by atoms with E-state index in [4.69, 9.17) is 10.2 Å². The summed E-state index contributed by atoms with van der Waals surface area (Å²) < 4.78 is 0. The maximum Gasteiger partial charge on any atom is 0.307 e. The number of benzene rings is 1. The lowest BCUT2D eigenvalue weighted by molar-refractivity contribution is -0.138. The van der Waals surface area contributed by atoms with E-state index in [1.807, 2.05) is 0 Å². The molecule has 0 spiro atoms. The van der Waals surface area contributed by atoms with Crippen molar-refractivity contribution in [1.82, 2.24) is 0 Å². The van der Waals surface area contributed by atoms with Crippen LogP contribution >= 0.6 is 0 Å². The highest BCUT2D eigenvalue weighted by atomic mass is 16.4. The third-order valence-electron chi connectivity index (χ3n) is 2.43. The van der Waals surface area contributed by atoms with Crippen LogP contribution < -0.4 is 0 Å². The molecule has 3 heteroatoms. The zero-order chi connectivity index (χ0) is 9.42. The Labute approximate surface area is 75.6 Å². The second-order valence-corrected chi connectivity index (χ2v) is 3.38. The maximum atomic E-state index is 10.6. The molecule has 1 aromatic carbocycles. The quantitative estimate of drug-likeness (QED) is 0.722. The van der Waals surface area contributed by atoms with Crippen molar-refractivity contribution in [3.05, 3.63) is 29.8 Å². The molecular formula is C10H10O3. The van der Waals surface area contributed by atoms with Gasteiger partial charge >= 0.3 is 5.97 Å². The second kappa shape index (κ2) is 2.76. The Kier molecular flexibility index (Phi) is 1.72. The number of carboxylic acid groups (broad SMARTS) is 1. The van der Waals surface area contributed by atoms with Gasteiger partial charge in [-0.3, -0.25) is 4.79 Å². The van der Waals surface area contributed by atoms with E-state index < -0.39 is 5.97 Å². The molecule has 0 bridgehead atoms. The highest BCUT2D eigenvalue weighted by molar-refractivity contribution is 5.75. The van der Waals surface area contributed by atoms with Gasteiger partial charge in [-0.15, -0.1) is 0 Å². The molecule has 3 nitrogen and oxygen atoms in total. The van der Waals surface area contributed by atoms with Gasteiger partial charge in [0.05, 0.1) is 5.92 Å². The topological polar surface area (TPSA) is 57.5 Å². The van der Waals surface area contributed by atoms with E-state index in [0.29, 0.717) is 0 Å². The lowest BCUT2D eigenvalue weighted by atomic mass is 10.1. The number of hydrogen-bond acceptors (Lipinski definition) is 2. The summed E-state index contributed by atoms with van der Waals surface area (Å²) in [7, 11) is 0. The van der Waals surface area contributed by atoms with Crippen LogP contribution in [0.3, 0.4) is 0 Å². The van der Waals surface area contributed by atoms with Crippen molar-refractivity contribution in [3.8, 4) is 5.75 Å². The average molecular weight is 178 g/mol. The SMILES string of the molecule is O=C(O)[C@H]1CC1c1ccc(O)cc1. The largest absolute Gasteiger partial charge is 0.508 e. The van der Waals surface area contributed by atoms with E-state index in [1.54, 1.807) is 24.3 Å². The van der Waals surface area contributed by atoms with Crippen molar-refractivity contribution >= 4 is 5.97 Å². The number of carbonyl (C=O) groups is 1. The van der Waals surface area contributed by atoms with Crippen molar-refractivity contribution in [1.29, 1.82) is 0 Å². The summed E-state index contributed by atoms with van der Waals surface area (Å²) in [5.74, 6) is -0.572. The molecule has 0 radical (unpaired) electrons. The first-order chi connectivity index (χ1) is 6.18. The van der Waals surface area contributed by atoms with Crippen molar-refractivity contribution in [2.75, 3.05) is 0 Å². The molecule has 0 aliphatic heterocycles. The number of phenols is 1. The van der Waals surface area contributed by atoms with Crippen LogP contribution in [0.5, 0.6) is 5.75 Å². The molecule has 13 heavy (non-hydrogen) atoms. The maximum absolute atomic E-state index is 10.6. The van der Waals surface area contributed by atoms with Gasteiger partial charge in [-0.05, 0) is 30.0 Å². The predicted octanol–water partition coefficient (Wildman–Crippen LogP) is 1.58. The van der Waals surface area contributed by atoms with Crippen LogP contribution in [0.1, 0.15) is 17.9 Å². The van der Waals surface area contributed by atoms with Crippen molar-refractivity contribution in [2.24, 2.45) is 5.92 Å². The minimum atomic E-state index is -0.724. The number of carboxylic acids is 1. The molecule has 1 unspecified atom stereocenters.